The quantitative estimate of drug-likeness (QED) is 0.610. The number of nitrogens with one attached hydrogen (secondary N) is 2. The molecule has 128 valence electrons. The smallest absolute Gasteiger partial charge is 0.240 e. The van der Waals surface area contributed by atoms with Gasteiger partial charge < -0.3 is 15.4 Å². The van der Waals surface area contributed by atoms with Crippen LogP contribution in [0.2, 0.25) is 0 Å². The standard InChI is InChI=1S/C16H20N4O3S/c1-4-10(2)19-20-16-18-15(22)13(24-16)9-14(21)17-11-5-7-12(23-3)8-6-11/h5-8,13H,4,9H2,1-3H3,(H,17,21)(H,18,20,22)/b19-10-/t13-/m1/s1. The summed E-state index contributed by atoms with van der Waals surface area (Å²) in [6, 6.07) is 7.00. The number of rotatable bonds is 6. The highest BCUT2D eigenvalue weighted by molar-refractivity contribution is 8.15. The lowest BCUT2D eigenvalue weighted by atomic mass is 10.2. The molecule has 1 aliphatic rings. The predicted octanol–water partition coefficient (Wildman–Crippen LogP) is 2.40. The van der Waals surface area contributed by atoms with Gasteiger partial charge in [-0.15, -0.1) is 5.10 Å². The van der Waals surface area contributed by atoms with E-state index in [9.17, 15) is 9.59 Å². The Morgan fingerprint density at radius 3 is 2.71 bits per heavy atom. The fourth-order valence-corrected chi connectivity index (χ4v) is 2.76. The van der Waals surface area contributed by atoms with Crippen LogP contribution in [0.15, 0.2) is 34.5 Å². The number of nitrogens with zero attached hydrogens (tertiary/aromatic N) is 2. The van der Waals surface area contributed by atoms with Crippen molar-refractivity contribution in [2.75, 3.05) is 12.4 Å². The van der Waals surface area contributed by atoms with Gasteiger partial charge in [-0.3, -0.25) is 9.59 Å². The molecule has 0 radical (unpaired) electrons. The molecule has 1 atom stereocenters. The summed E-state index contributed by atoms with van der Waals surface area (Å²) in [5.74, 6) is 0.248. The molecule has 7 nitrogen and oxygen atoms in total. The Kier molecular flexibility index (Phi) is 6.36. The van der Waals surface area contributed by atoms with E-state index in [0.717, 1.165) is 12.1 Å². The second-order valence-electron chi connectivity index (χ2n) is 5.17. The summed E-state index contributed by atoms with van der Waals surface area (Å²) in [6.45, 7) is 3.84. The van der Waals surface area contributed by atoms with E-state index in [0.29, 0.717) is 16.6 Å². The molecule has 1 fully saturated rings. The Morgan fingerprint density at radius 1 is 1.38 bits per heavy atom. The Bertz CT molecular complexity index is 670. The maximum atomic E-state index is 12.1. The molecule has 0 aromatic heterocycles. The molecule has 1 aromatic carbocycles. The zero-order chi connectivity index (χ0) is 17.5. The molecular formula is C16H20N4O3S. The van der Waals surface area contributed by atoms with Crippen LogP contribution in [-0.4, -0.2) is 35.1 Å². The molecule has 2 N–H and O–H groups in total. The van der Waals surface area contributed by atoms with Crippen molar-refractivity contribution in [2.24, 2.45) is 10.2 Å². The fourth-order valence-electron chi connectivity index (χ4n) is 1.84. The summed E-state index contributed by atoms with van der Waals surface area (Å²) in [7, 11) is 1.58. The summed E-state index contributed by atoms with van der Waals surface area (Å²) in [5.41, 5.74) is 1.53. The summed E-state index contributed by atoms with van der Waals surface area (Å²) in [4.78, 5) is 24.0. The number of amides is 2. The third-order valence-electron chi connectivity index (χ3n) is 3.34. The zero-order valence-corrected chi connectivity index (χ0v) is 14.6. The van der Waals surface area contributed by atoms with Crippen molar-refractivity contribution in [2.45, 2.75) is 31.9 Å². The van der Waals surface area contributed by atoms with Gasteiger partial charge in [0, 0.05) is 17.8 Å². The molecule has 1 saturated heterocycles. The fraction of sp³-hybridized carbons (Fsp3) is 0.375. The number of amidine groups is 1. The summed E-state index contributed by atoms with van der Waals surface area (Å²) in [5, 5.41) is 13.3. The van der Waals surface area contributed by atoms with Crippen molar-refractivity contribution in [1.82, 2.24) is 5.32 Å². The van der Waals surface area contributed by atoms with Crippen molar-refractivity contribution in [3.05, 3.63) is 24.3 Å². The number of anilines is 1. The van der Waals surface area contributed by atoms with Crippen molar-refractivity contribution >= 4 is 40.1 Å². The van der Waals surface area contributed by atoms with Gasteiger partial charge in [-0.25, -0.2) is 0 Å². The highest BCUT2D eigenvalue weighted by atomic mass is 32.2. The van der Waals surface area contributed by atoms with Gasteiger partial charge in [-0.05, 0) is 37.6 Å². The minimum Gasteiger partial charge on any atom is -0.497 e. The topological polar surface area (TPSA) is 92.2 Å². The maximum absolute atomic E-state index is 12.1. The molecule has 0 spiro atoms. The van der Waals surface area contributed by atoms with Crippen LogP contribution in [0.4, 0.5) is 5.69 Å². The van der Waals surface area contributed by atoms with Gasteiger partial charge in [0.2, 0.25) is 11.8 Å². The summed E-state index contributed by atoms with van der Waals surface area (Å²) in [6.07, 6.45) is 0.862. The van der Waals surface area contributed by atoms with Crippen molar-refractivity contribution in [3.8, 4) is 5.75 Å². The molecule has 1 heterocycles. The summed E-state index contributed by atoms with van der Waals surface area (Å²) < 4.78 is 5.06. The second-order valence-corrected chi connectivity index (χ2v) is 6.36. The molecule has 24 heavy (non-hydrogen) atoms. The number of carbonyl (C=O) groups excluding carboxylic acids is 2. The monoisotopic (exact) mass is 348 g/mol. The van der Waals surface area contributed by atoms with Gasteiger partial charge in [0.25, 0.3) is 0 Å². The lowest BCUT2D eigenvalue weighted by Crippen LogP contribution is -2.28. The lowest BCUT2D eigenvalue weighted by Gasteiger charge is -2.08. The molecule has 8 heteroatoms. The molecule has 1 aromatic rings. The molecule has 0 unspecified atom stereocenters. The SMILES string of the molecule is CC/C(C)=N\N=C1/NC(=O)[C@@H](CC(=O)Nc2ccc(OC)cc2)S1. The number of carbonyl (C=O) groups is 2. The van der Waals surface area contributed by atoms with Crippen LogP contribution in [0.25, 0.3) is 0 Å². The molecule has 0 aliphatic carbocycles. The van der Waals surface area contributed by atoms with Crippen LogP contribution in [-0.2, 0) is 9.59 Å². The molecular weight excluding hydrogens is 328 g/mol. The first kappa shape index (κ1) is 18.0. The van der Waals surface area contributed by atoms with E-state index in [4.69, 9.17) is 4.74 Å². The molecule has 1 aliphatic heterocycles. The molecule has 2 rings (SSSR count). The van der Waals surface area contributed by atoms with Crippen LogP contribution >= 0.6 is 11.8 Å². The Labute approximate surface area is 144 Å². The van der Waals surface area contributed by atoms with Gasteiger partial charge in [0.1, 0.15) is 11.0 Å². The largest absolute Gasteiger partial charge is 0.497 e. The third kappa shape index (κ3) is 5.09. The highest BCUT2D eigenvalue weighted by Crippen LogP contribution is 2.23. The number of methoxy groups -OCH3 is 1. The summed E-state index contributed by atoms with van der Waals surface area (Å²) >= 11 is 1.22. The Balaban J connectivity index is 1.90. The van der Waals surface area contributed by atoms with Gasteiger partial charge in [0.05, 0.1) is 7.11 Å². The van der Waals surface area contributed by atoms with Crippen molar-refractivity contribution in [3.63, 3.8) is 0 Å². The Morgan fingerprint density at radius 2 is 2.08 bits per heavy atom. The van der Waals surface area contributed by atoms with Crippen molar-refractivity contribution in [1.29, 1.82) is 0 Å². The molecule has 0 saturated carbocycles. The van der Waals surface area contributed by atoms with Gasteiger partial charge in [-0.2, -0.15) is 5.10 Å². The van der Waals surface area contributed by atoms with Gasteiger partial charge in [-0.1, -0.05) is 18.7 Å². The average Bonchev–Trinajstić information content (AvgIpc) is 2.93. The maximum Gasteiger partial charge on any atom is 0.240 e. The first-order valence-electron chi connectivity index (χ1n) is 7.54. The number of hydrogen-bond donors (Lipinski definition) is 2. The number of hydrogen-bond acceptors (Lipinski definition) is 6. The minimum absolute atomic E-state index is 0.0675. The number of ether oxygens (including phenoxy) is 1. The van der Waals surface area contributed by atoms with E-state index >= 15 is 0 Å². The predicted molar refractivity (Wildman–Crippen MR) is 96.6 cm³/mol. The Hall–Kier alpha value is -2.35. The first-order chi connectivity index (χ1) is 11.5. The van der Waals surface area contributed by atoms with Crippen LogP contribution in [0.5, 0.6) is 5.75 Å². The van der Waals surface area contributed by atoms with Crippen LogP contribution in [0.3, 0.4) is 0 Å². The average molecular weight is 348 g/mol. The normalized spacial score (nSPS) is 19.3. The van der Waals surface area contributed by atoms with E-state index in [2.05, 4.69) is 20.8 Å². The zero-order valence-electron chi connectivity index (χ0n) is 13.8. The van der Waals surface area contributed by atoms with E-state index in [1.54, 1.807) is 31.4 Å². The lowest BCUT2D eigenvalue weighted by molar-refractivity contribution is -0.122. The van der Waals surface area contributed by atoms with Crippen molar-refractivity contribution < 1.29 is 14.3 Å². The van der Waals surface area contributed by atoms with Crippen LogP contribution < -0.4 is 15.4 Å². The van der Waals surface area contributed by atoms with E-state index < -0.39 is 5.25 Å². The number of thioether (sulfide) groups is 1. The third-order valence-corrected chi connectivity index (χ3v) is 4.42. The van der Waals surface area contributed by atoms with E-state index in [1.165, 1.54) is 11.8 Å². The first-order valence-corrected chi connectivity index (χ1v) is 8.42. The minimum atomic E-state index is -0.501. The molecule has 0 bridgehead atoms. The van der Waals surface area contributed by atoms with Crippen LogP contribution in [0, 0.1) is 0 Å². The van der Waals surface area contributed by atoms with Crippen LogP contribution in [0.1, 0.15) is 26.7 Å². The second kappa shape index (κ2) is 8.49. The highest BCUT2D eigenvalue weighted by Gasteiger charge is 2.32. The molecule has 2 amide bonds. The van der Waals surface area contributed by atoms with Gasteiger partial charge >= 0.3 is 0 Å². The number of benzene rings is 1. The van der Waals surface area contributed by atoms with Gasteiger partial charge in [0.15, 0.2) is 5.17 Å². The van der Waals surface area contributed by atoms with E-state index in [-0.39, 0.29) is 18.2 Å². The van der Waals surface area contributed by atoms with E-state index in [1.807, 2.05) is 13.8 Å².